The van der Waals surface area contributed by atoms with E-state index in [2.05, 4.69) is 30.9 Å². The fourth-order valence-corrected chi connectivity index (χ4v) is 3.01. The summed E-state index contributed by atoms with van der Waals surface area (Å²) in [6.07, 6.45) is 3.85. The number of hydrogen-bond donors (Lipinski definition) is 1. The topological polar surface area (TPSA) is 29.3 Å². The van der Waals surface area contributed by atoms with Crippen LogP contribution in [0.2, 0.25) is 0 Å². The molecule has 0 bridgehead atoms. The number of nitrogens with two attached hydrogens (primary N) is 1. The second-order valence-corrected chi connectivity index (χ2v) is 5.08. The molecule has 0 spiro atoms. The van der Waals surface area contributed by atoms with Crippen molar-refractivity contribution in [2.75, 3.05) is 18.8 Å². The van der Waals surface area contributed by atoms with Crippen molar-refractivity contribution in [2.24, 2.45) is 0 Å². The predicted molar refractivity (Wildman–Crippen MR) is 85.5 cm³/mol. The lowest BCUT2D eigenvalue weighted by Gasteiger charge is -2.38. The summed E-state index contributed by atoms with van der Waals surface area (Å²) >= 11 is 0. The number of rotatable bonds is 3. The molecule has 1 aromatic carbocycles. The summed E-state index contributed by atoms with van der Waals surface area (Å²) in [5, 5.41) is 0. The molecule has 2 atom stereocenters. The lowest BCUT2D eigenvalue weighted by molar-refractivity contribution is 0.138. The molecule has 1 aliphatic rings. The normalized spacial score (nSPS) is 23.6. The Hall–Kier alpha value is -1.02. The van der Waals surface area contributed by atoms with Crippen LogP contribution >= 0.6 is 0 Å². The molecule has 0 aliphatic carbocycles. The van der Waals surface area contributed by atoms with E-state index in [4.69, 9.17) is 5.73 Å². The summed E-state index contributed by atoms with van der Waals surface area (Å²) in [5.74, 6) is 0.725. The van der Waals surface area contributed by atoms with Crippen LogP contribution in [0.5, 0.6) is 0 Å². The molecular formula is C17H30N2. The highest BCUT2D eigenvalue weighted by Gasteiger charge is 2.26. The molecule has 2 heteroatoms. The Balaban J connectivity index is 0.000000861. The van der Waals surface area contributed by atoms with Crippen LogP contribution in [-0.2, 0) is 0 Å². The standard InChI is InChI=1S/C15H24N2.C2H6/c1-3-15-11-13(9-10-17(15)4-2)12-5-7-14(16)8-6-12;1-2/h5-8,13,15H,3-4,9-11,16H2,1-2H3;1-2H3. The van der Waals surface area contributed by atoms with Crippen molar-refractivity contribution in [3.05, 3.63) is 29.8 Å². The minimum atomic E-state index is 0.725. The van der Waals surface area contributed by atoms with Gasteiger partial charge in [0, 0.05) is 11.7 Å². The molecule has 0 aromatic heterocycles. The van der Waals surface area contributed by atoms with Crippen molar-refractivity contribution in [3.63, 3.8) is 0 Å². The van der Waals surface area contributed by atoms with Gasteiger partial charge in [0.15, 0.2) is 0 Å². The van der Waals surface area contributed by atoms with Gasteiger partial charge in [-0.15, -0.1) is 0 Å². The van der Waals surface area contributed by atoms with E-state index in [0.717, 1.165) is 17.6 Å². The summed E-state index contributed by atoms with van der Waals surface area (Å²) in [4.78, 5) is 2.62. The molecule has 0 radical (unpaired) electrons. The van der Waals surface area contributed by atoms with Gasteiger partial charge >= 0.3 is 0 Å². The maximum atomic E-state index is 5.75. The van der Waals surface area contributed by atoms with E-state index < -0.39 is 0 Å². The van der Waals surface area contributed by atoms with Crippen LogP contribution in [0.4, 0.5) is 5.69 Å². The SMILES string of the molecule is CC.CCC1CC(c2ccc(N)cc2)CCN1CC. The van der Waals surface area contributed by atoms with Crippen LogP contribution in [0.15, 0.2) is 24.3 Å². The van der Waals surface area contributed by atoms with Gasteiger partial charge in [0.05, 0.1) is 0 Å². The largest absolute Gasteiger partial charge is 0.399 e. The maximum absolute atomic E-state index is 5.75. The van der Waals surface area contributed by atoms with E-state index in [0.29, 0.717) is 0 Å². The first-order valence-corrected chi connectivity index (χ1v) is 7.84. The van der Waals surface area contributed by atoms with E-state index in [-0.39, 0.29) is 0 Å². The molecule has 2 nitrogen and oxygen atoms in total. The van der Waals surface area contributed by atoms with Gasteiger partial charge in [0.1, 0.15) is 0 Å². The molecule has 108 valence electrons. The lowest BCUT2D eigenvalue weighted by atomic mass is 9.84. The molecule has 1 aliphatic heterocycles. The predicted octanol–water partition coefficient (Wildman–Crippen LogP) is 4.27. The number of nitrogen functional groups attached to an aromatic ring is 1. The van der Waals surface area contributed by atoms with Crippen molar-refractivity contribution >= 4 is 5.69 Å². The van der Waals surface area contributed by atoms with Gasteiger partial charge in [-0.3, -0.25) is 0 Å². The molecule has 0 saturated carbocycles. The summed E-state index contributed by atoms with van der Waals surface area (Å²) in [6.45, 7) is 11.0. The van der Waals surface area contributed by atoms with E-state index in [1.807, 2.05) is 26.0 Å². The number of anilines is 1. The first kappa shape index (κ1) is 16.0. The van der Waals surface area contributed by atoms with E-state index in [9.17, 15) is 0 Å². The highest BCUT2D eigenvalue weighted by atomic mass is 15.2. The van der Waals surface area contributed by atoms with Crippen LogP contribution in [-0.4, -0.2) is 24.0 Å². The van der Waals surface area contributed by atoms with E-state index in [1.54, 1.807) is 0 Å². The third kappa shape index (κ3) is 4.24. The van der Waals surface area contributed by atoms with E-state index >= 15 is 0 Å². The van der Waals surface area contributed by atoms with Crippen molar-refractivity contribution in [1.29, 1.82) is 0 Å². The average Bonchev–Trinajstić information content (AvgIpc) is 2.49. The minimum Gasteiger partial charge on any atom is -0.399 e. The smallest absolute Gasteiger partial charge is 0.0314 e. The van der Waals surface area contributed by atoms with Crippen LogP contribution in [0.1, 0.15) is 58.4 Å². The quantitative estimate of drug-likeness (QED) is 0.824. The third-order valence-electron chi connectivity index (χ3n) is 4.12. The van der Waals surface area contributed by atoms with Crippen molar-refractivity contribution in [2.45, 2.75) is 58.9 Å². The molecule has 2 unspecified atom stereocenters. The van der Waals surface area contributed by atoms with Gasteiger partial charge in [0.25, 0.3) is 0 Å². The van der Waals surface area contributed by atoms with Gasteiger partial charge in [-0.2, -0.15) is 0 Å². The van der Waals surface area contributed by atoms with Gasteiger partial charge in [-0.25, -0.2) is 0 Å². The fraction of sp³-hybridized carbons (Fsp3) is 0.647. The van der Waals surface area contributed by atoms with Gasteiger partial charge in [-0.1, -0.05) is 39.8 Å². The highest BCUT2D eigenvalue weighted by molar-refractivity contribution is 5.40. The monoisotopic (exact) mass is 262 g/mol. The zero-order chi connectivity index (χ0) is 14.3. The summed E-state index contributed by atoms with van der Waals surface area (Å²) in [7, 11) is 0. The van der Waals surface area contributed by atoms with Gasteiger partial charge < -0.3 is 10.6 Å². The zero-order valence-electron chi connectivity index (χ0n) is 13.0. The summed E-state index contributed by atoms with van der Waals surface area (Å²) in [5.41, 5.74) is 8.08. The van der Waals surface area contributed by atoms with Crippen molar-refractivity contribution in [3.8, 4) is 0 Å². The second-order valence-electron chi connectivity index (χ2n) is 5.08. The molecular weight excluding hydrogens is 232 g/mol. The number of benzene rings is 1. The molecule has 2 rings (SSSR count). The van der Waals surface area contributed by atoms with Gasteiger partial charge in [0.2, 0.25) is 0 Å². The summed E-state index contributed by atoms with van der Waals surface area (Å²) < 4.78 is 0. The maximum Gasteiger partial charge on any atom is 0.0314 e. The number of nitrogens with zero attached hydrogens (tertiary/aromatic N) is 1. The number of likely N-dealkylation sites (tertiary alicyclic amines) is 1. The summed E-state index contributed by atoms with van der Waals surface area (Å²) in [6, 6.07) is 9.23. The first-order chi connectivity index (χ1) is 9.24. The third-order valence-corrected chi connectivity index (χ3v) is 4.12. The molecule has 1 saturated heterocycles. The van der Waals surface area contributed by atoms with Crippen LogP contribution in [0.3, 0.4) is 0 Å². The lowest BCUT2D eigenvalue weighted by Crippen LogP contribution is -2.41. The van der Waals surface area contributed by atoms with Crippen LogP contribution in [0, 0.1) is 0 Å². The molecule has 19 heavy (non-hydrogen) atoms. The first-order valence-electron chi connectivity index (χ1n) is 7.84. The molecule has 1 fully saturated rings. The minimum absolute atomic E-state index is 0.725. The van der Waals surface area contributed by atoms with Crippen LogP contribution < -0.4 is 5.73 Å². The number of piperidine rings is 1. The number of hydrogen-bond acceptors (Lipinski definition) is 2. The Morgan fingerprint density at radius 2 is 1.79 bits per heavy atom. The Morgan fingerprint density at radius 1 is 1.16 bits per heavy atom. The molecule has 1 aromatic rings. The van der Waals surface area contributed by atoms with Crippen molar-refractivity contribution < 1.29 is 0 Å². The van der Waals surface area contributed by atoms with Crippen LogP contribution in [0.25, 0.3) is 0 Å². The molecule has 0 amide bonds. The Bertz CT molecular complexity index is 345. The van der Waals surface area contributed by atoms with E-state index in [1.165, 1.54) is 37.9 Å². The fourth-order valence-electron chi connectivity index (χ4n) is 3.01. The molecule has 2 N–H and O–H groups in total. The van der Waals surface area contributed by atoms with Crippen molar-refractivity contribution in [1.82, 2.24) is 4.90 Å². The Labute approximate surface area is 119 Å². The van der Waals surface area contributed by atoms with Gasteiger partial charge in [-0.05, 0) is 56.0 Å². The highest BCUT2D eigenvalue weighted by Crippen LogP contribution is 2.32. The zero-order valence-corrected chi connectivity index (χ0v) is 13.0. The molecule has 1 heterocycles. The average molecular weight is 262 g/mol. The Morgan fingerprint density at radius 3 is 2.32 bits per heavy atom. The second kappa shape index (κ2) is 8.21. The Kier molecular flexibility index (Phi) is 6.93.